The third-order valence-electron chi connectivity index (χ3n) is 2.17. The highest BCUT2D eigenvalue weighted by Crippen LogP contribution is 2.26. The molecule has 0 radical (unpaired) electrons. The smallest absolute Gasteiger partial charge is 0.147 e. The van der Waals surface area contributed by atoms with Gasteiger partial charge in [-0.3, -0.25) is 4.79 Å². The second-order valence-corrected chi connectivity index (χ2v) is 4.48. The van der Waals surface area contributed by atoms with Crippen molar-refractivity contribution in [2.45, 2.75) is 24.6 Å². The molecule has 0 aliphatic heterocycles. The van der Waals surface area contributed by atoms with Crippen molar-refractivity contribution >= 4 is 33.3 Å². The van der Waals surface area contributed by atoms with Crippen LogP contribution >= 0.6 is 27.5 Å². The Bertz CT molecular complexity index is 349. The predicted molar refractivity (Wildman–Crippen MR) is 63.1 cm³/mol. The molecule has 0 bridgehead atoms. The summed E-state index contributed by atoms with van der Waals surface area (Å²) in [4.78, 5) is 10.9. The molecule has 1 rings (SSSR count). The molecule has 0 aromatic heterocycles. The highest BCUT2D eigenvalue weighted by Gasteiger charge is 2.13. The van der Waals surface area contributed by atoms with Crippen molar-refractivity contribution in [2.24, 2.45) is 0 Å². The van der Waals surface area contributed by atoms with Crippen molar-refractivity contribution in [3.63, 3.8) is 0 Å². The predicted octanol–water partition coefficient (Wildman–Crippen LogP) is 3.76. The molecular formula is C11H12BrClO. The average molecular weight is 276 g/mol. The zero-order chi connectivity index (χ0) is 10.7. The Kier molecular flexibility index (Phi) is 4.14. The van der Waals surface area contributed by atoms with Gasteiger partial charge in [0.1, 0.15) is 5.78 Å². The number of Topliss-reactive ketones (excluding diaryl/α,β-unsaturated/α-hetero) is 1. The number of rotatable bonds is 3. The SMILES string of the molecule is CC(=O)C(Br)c1ccc(C)c(CCl)c1. The second-order valence-electron chi connectivity index (χ2n) is 3.29. The van der Waals surface area contributed by atoms with E-state index in [0.717, 1.165) is 16.7 Å². The van der Waals surface area contributed by atoms with Gasteiger partial charge >= 0.3 is 0 Å². The molecule has 0 saturated heterocycles. The van der Waals surface area contributed by atoms with Gasteiger partial charge in [-0.15, -0.1) is 11.6 Å². The van der Waals surface area contributed by atoms with Crippen LogP contribution in [0.1, 0.15) is 28.4 Å². The first-order valence-corrected chi connectivity index (χ1v) is 5.81. The van der Waals surface area contributed by atoms with Crippen molar-refractivity contribution < 1.29 is 4.79 Å². The average Bonchev–Trinajstić information content (AvgIpc) is 2.17. The van der Waals surface area contributed by atoms with E-state index in [9.17, 15) is 4.79 Å². The second kappa shape index (κ2) is 4.94. The fourth-order valence-corrected chi connectivity index (χ4v) is 1.80. The van der Waals surface area contributed by atoms with Gasteiger partial charge in [0.05, 0.1) is 4.83 Å². The molecular weight excluding hydrogens is 263 g/mol. The van der Waals surface area contributed by atoms with Gasteiger partial charge in [0.15, 0.2) is 0 Å². The maximum Gasteiger partial charge on any atom is 0.147 e. The number of carbonyl (C=O) groups excluding carboxylic acids is 1. The highest BCUT2D eigenvalue weighted by atomic mass is 79.9. The monoisotopic (exact) mass is 274 g/mol. The lowest BCUT2D eigenvalue weighted by Crippen LogP contribution is -2.01. The molecule has 0 aliphatic rings. The van der Waals surface area contributed by atoms with E-state index in [0.29, 0.717) is 5.88 Å². The first kappa shape index (κ1) is 11.7. The van der Waals surface area contributed by atoms with Crippen molar-refractivity contribution in [1.29, 1.82) is 0 Å². The highest BCUT2D eigenvalue weighted by molar-refractivity contribution is 9.09. The van der Waals surface area contributed by atoms with Crippen LogP contribution in [0.2, 0.25) is 0 Å². The van der Waals surface area contributed by atoms with Gasteiger partial charge in [-0.2, -0.15) is 0 Å². The van der Waals surface area contributed by atoms with Crippen LogP contribution in [-0.4, -0.2) is 5.78 Å². The Morgan fingerprint density at radius 3 is 2.71 bits per heavy atom. The molecule has 1 aromatic rings. The first-order chi connectivity index (χ1) is 6.56. The Morgan fingerprint density at radius 1 is 1.57 bits per heavy atom. The largest absolute Gasteiger partial charge is 0.298 e. The van der Waals surface area contributed by atoms with Crippen LogP contribution in [0.15, 0.2) is 18.2 Å². The Labute approximate surface area is 97.6 Å². The summed E-state index contributed by atoms with van der Waals surface area (Å²) in [6.07, 6.45) is 0. The van der Waals surface area contributed by atoms with E-state index < -0.39 is 0 Å². The van der Waals surface area contributed by atoms with Crippen molar-refractivity contribution in [3.05, 3.63) is 34.9 Å². The van der Waals surface area contributed by atoms with Gasteiger partial charge in [-0.25, -0.2) is 0 Å². The molecule has 0 fully saturated rings. The van der Waals surface area contributed by atoms with Gasteiger partial charge in [-0.1, -0.05) is 34.1 Å². The van der Waals surface area contributed by atoms with E-state index in [1.807, 2.05) is 25.1 Å². The van der Waals surface area contributed by atoms with E-state index in [2.05, 4.69) is 15.9 Å². The van der Waals surface area contributed by atoms with E-state index in [-0.39, 0.29) is 10.6 Å². The quantitative estimate of drug-likeness (QED) is 0.768. The standard InChI is InChI=1S/C11H12BrClO/c1-7-3-4-9(5-10(7)6-13)11(12)8(2)14/h3-5,11H,6H2,1-2H3. The van der Waals surface area contributed by atoms with Gasteiger partial charge in [0, 0.05) is 5.88 Å². The van der Waals surface area contributed by atoms with Crippen LogP contribution in [0.3, 0.4) is 0 Å². The van der Waals surface area contributed by atoms with Crippen LogP contribution in [0.5, 0.6) is 0 Å². The van der Waals surface area contributed by atoms with E-state index in [1.165, 1.54) is 0 Å². The first-order valence-electron chi connectivity index (χ1n) is 4.36. The minimum Gasteiger partial charge on any atom is -0.298 e. The van der Waals surface area contributed by atoms with Crippen molar-refractivity contribution in [2.75, 3.05) is 0 Å². The lowest BCUT2D eigenvalue weighted by molar-refractivity contribution is -0.116. The topological polar surface area (TPSA) is 17.1 Å². The summed E-state index contributed by atoms with van der Waals surface area (Å²) < 4.78 is 0. The van der Waals surface area contributed by atoms with Gasteiger partial charge in [0.2, 0.25) is 0 Å². The summed E-state index contributed by atoms with van der Waals surface area (Å²) in [5.74, 6) is 0.589. The molecule has 0 N–H and O–H groups in total. The normalized spacial score (nSPS) is 12.6. The molecule has 0 spiro atoms. The molecule has 14 heavy (non-hydrogen) atoms. The van der Waals surface area contributed by atoms with Crippen molar-refractivity contribution in [3.8, 4) is 0 Å². The third kappa shape index (κ3) is 2.58. The van der Waals surface area contributed by atoms with Crippen molar-refractivity contribution in [1.82, 2.24) is 0 Å². The number of benzene rings is 1. The maximum atomic E-state index is 11.1. The van der Waals surface area contributed by atoms with Crippen LogP contribution in [0.4, 0.5) is 0 Å². The number of halogens is 2. The number of hydrogen-bond acceptors (Lipinski definition) is 1. The fourth-order valence-electron chi connectivity index (χ4n) is 1.23. The lowest BCUT2D eigenvalue weighted by atomic mass is 10.0. The molecule has 3 heteroatoms. The Balaban J connectivity index is 3.06. The van der Waals surface area contributed by atoms with Crippen LogP contribution in [0, 0.1) is 6.92 Å². The summed E-state index contributed by atoms with van der Waals surface area (Å²) in [6, 6.07) is 5.92. The molecule has 0 aliphatic carbocycles. The zero-order valence-electron chi connectivity index (χ0n) is 8.18. The van der Waals surface area contributed by atoms with Crippen LogP contribution < -0.4 is 0 Å². The van der Waals surface area contributed by atoms with Gasteiger partial charge in [0.25, 0.3) is 0 Å². The molecule has 0 saturated carbocycles. The molecule has 0 heterocycles. The number of alkyl halides is 2. The fraction of sp³-hybridized carbons (Fsp3) is 0.364. The van der Waals surface area contributed by atoms with E-state index in [1.54, 1.807) is 6.92 Å². The number of aryl methyl sites for hydroxylation is 1. The molecule has 0 amide bonds. The molecule has 1 unspecified atom stereocenters. The van der Waals surface area contributed by atoms with Crippen LogP contribution in [-0.2, 0) is 10.7 Å². The molecule has 76 valence electrons. The summed E-state index contributed by atoms with van der Waals surface area (Å²) in [5, 5.41) is 0. The molecule has 1 atom stereocenters. The van der Waals surface area contributed by atoms with E-state index in [4.69, 9.17) is 11.6 Å². The minimum absolute atomic E-state index is 0.106. The maximum absolute atomic E-state index is 11.1. The van der Waals surface area contributed by atoms with E-state index >= 15 is 0 Å². The molecule has 1 aromatic carbocycles. The summed E-state index contributed by atoms with van der Waals surface area (Å²) in [7, 11) is 0. The summed E-state index contributed by atoms with van der Waals surface area (Å²) in [6.45, 7) is 3.58. The summed E-state index contributed by atoms with van der Waals surface area (Å²) >= 11 is 9.13. The Morgan fingerprint density at radius 2 is 2.21 bits per heavy atom. The summed E-state index contributed by atoms with van der Waals surface area (Å²) in [5.41, 5.74) is 3.21. The lowest BCUT2D eigenvalue weighted by Gasteiger charge is -2.09. The van der Waals surface area contributed by atoms with Crippen LogP contribution in [0.25, 0.3) is 0 Å². The van der Waals surface area contributed by atoms with Gasteiger partial charge in [-0.05, 0) is 30.5 Å². The Hall–Kier alpha value is -0.340. The number of carbonyl (C=O) groups is 1. The minimum atomic E-state index is -0.218. The number of ketones is 1. The molecule has 1 nitrogen and oxygen atoms in total. The van der Waals surface area contributed by atoms with Gasteiger partial charge < -0.3 is 0 Å². The zero-order valence-corrected chi connectivity index (χ0v) is 10.5. The number of hydrogen-bond donors (Lipinski definition) is 0. The third-order valence-corrected chi connectivity index (χ3v) is 3.63.